The van der Waals surface area contributed by atoms with Gasteiger partial charge in [0.2, 0.25) is 5.79 Å². The summed E-state index contributed by atoms with van der Waals surface area (Å²) in [6.45, 7) is 3.77. The average molecular weight is 632 g/mol. The smallest absolute Gasteiger partial charge is 0.335 e. The Morgan fingerprint density at radius 2 is 1.84 bits per heavy atom. The number of nitrogens with zero attached hydrogens (tertiary/aromatic N) is 3. The van der Waals surface area contributed by atoms with Gasteiger partial charge in [-0.3, -0.25) is 4.90 Å². The minimum atomic E-state index is -1.19. The van der Waals surface area contributed by atoms with Crippen LogP contribution in [0.15, 0.2) is 60.7 Å². The number of para-hydroxylation sites is 1. The Labute approximate surface area is 265 Å². The molecule has 0 amide bonds. The number of fused-ring (bicyclic) bond motifs is 2. The van der Waals surface area contributed by atoms with E-state index in [1.54, 1.807) is 30.3 Å². The van der Waals surface area contributed by atoms with E-state index in [4.69, 9.17) is 30.8 Å². The third-order valence-corrected chi connectivity index (χ3v) is 10.1. The molecule has 234 valence electrons. The Morgan fingerprint density at radius 1 is 1.04 bits per heavy atom. The van der Waals surface area contributed by atoms with Gasteiger partial charge in [-0.2, -0.15) is 0 Å². The van der Waals surface area contributed by atoms with Crippen molar-refractivity contribution < 1.29 is 28.5 Å². The van der Waals surface area contributed by atoms with E-state index in [1.165, 1.54) is 6.07 Å². The molecule has 1 N–H and O–H groups in total. The number of hydrogen-bond acceptors (Lipinski definition) is 6. The van der Waals surface area contributed by atoms with Crippen LogP contribution in [0, 0.1) is 17.7 Å². The monoisotopic (exact) mass is 631 g/mol. The number of aromatic carboxylic acids is 1. The maximum atomic E-state index is 15.5. The van der Waals surface area contributed by atoms with Crippen molar-refractivity contribution in [1.82, 2.24) is 14.5 Å². The lowest BCUT2D eigenvalue weighted by atomic mass is 9.85. The summed E-state index contributed by atoms with van der Waals surface area (Å²) in [5.74, 6) is -0.583. The van der Waals surface area contributed by atoms with Gasteiger partial charge >= 0.3 is 5.97 Å². The molecule has 0 spiro atoms. The number of halogens is 2. The number of likely N-dealkylation sites (tertiary alicyclic amines) is 1. The summed E-state index contributed by atoms with van der Waals surface area (Å²) < 4.78 is 36.9. The Kier molecular flexibility index (Phi) is 7.32. The van der Waals surface area contributed by atoms with E-state index in [1.807, 2.05) is 18.2 Å². The second kappa shape index (κ2) is 11.4. The summed E-state index contributed by atoms with van der Waals surface area (Å²) in [5.41, 5.74) is 3.29. The molecular formula is C35H35ClFN3O5. The number of hydrogen-bond donors (Lipinski definition) is 1. The fourth-order valence-electron chi connectivity index (χ4n) is 7.23. The van der Waals surface area contributed by atoms with E-state index < -0.39 is 17.6 Å². The number of benzene rings is 3. The van der Waals surface area contributed by atoms with Gasteiger partial charge < -0.3 is 23.9 Å². The fourth-order valence-corrected chi connectivity index (χ4v) is 7.39. The van der Waals surface area contributed by atoms with Gasteiger partial charge in [-0.05, 0) is 93.6 Å². The van der Waals surface area contributed by atoms with Crippen LogP contribution in [-0.2, 0) is 28.4 Å². The summed E-state index contributed by atoms with van der Waals surface area (Å²) in [4.78, 5) is 19.0. The van der Waals surface area contributed by atoms with E-state index in [9.17, 15) is 9.90 Å². The summed E-state index contributed by atoms with van der Waals surface area (Å²) in [6.07, 6.45) is 4.49. The highest BCUT2D eigenvalue weighted by atomic mass is 35.5. The molecule has 8 nitrogen and oxygen atoms in total. The zero-order valence-corrected chi connectivity index (χ0v) is 25.6. The first kappa shape index (κ1) is 28.9. The number of carbonyl (C=O) groups is 1. The van der Waals surface area contributed by atoms with Gasteiger partial charge in [0.05, 0.1) is 47.5 Å². The largest absolute Gasteiger partial charge is 0.478 e. The predicted octanol–water partition coefficient (Wildman–Crippen LogP) is 6.94. The predicted molar refractivity (Wildman–Crippen MR) is 166 cm³/mol. The molecule has 3 atom stereocenters. The highest BCUT2D eigenvalue weighted by Gasteiger charge is 2.56. The van der Waals surface area contributed by atoms with Gasteiger partial charge in [0.1, 0.15) is 17.4 Å². The van der Waals surface area contributed by atoms with E-state index in [2.05, 4.69) is 15.5 Å². The number of piperidine rings is 1. The molecule has 45 heavy (non-hydrogen) atoms. The summed E-state index contributed by atoms with van der Waals surface area (Å²) in [5, 5.41) is 9.93. The summed E-state index contributed by atoms with van der Waals surface area (Å²) in [6, 6.07) is 17.9. The van der Waals surface area contributed by atoms with Crippen LogP contribution in [-0.4, -0.2) is 51.3 Å². The molecular weight excluding hydrogens is 597 g/mol. The molecule has 3 fully saturated rings. The van der Waals surface area contributed by atoms with Gasteiger partial charge in [-0.1, -0.05) is 29.8 Å². The van der Waals surface area contributed by atoms with Crippen LogP contribution >= 0.6 is 11.6 Å². The van der Waals surface area contributed by atoms with E-state index in [0.29, 0.717) is 23.7 Å². The van der Waals surface area contributed by atoms with Gasteiger partial charge in [-0.25, -0.2) is 14.2 Å². The molecule has 10 heteroatoms. The molecule has 0 bridgehead atoms. The number of imidazole rings is 1. The quantitative estimate of drug-likeness (QED) is 0.225. The zero-order valence-electron chi connectivity index (χ0n) is 24.8. The SMILES string of the molecule is O=C(O)c1ccc2nc(CN3CCC(C4OC(c5ccc(Cl)cc5F)(C5CC5)Oc5ccccc54)CC3)n(C[C@@H]3CCO3)c2c1. The van der Waals surface area contributed by atoms with Crippen LogP contribution in [0.5, 0.6) is 5.75 Å². The number of rotatable bonds is 8. The number of carboxylic acids is 1. The Balaban J connectivity index is 1.04. The zero-order chi connectivity index (χ0) is 30.7. The molecule has 4 aliphatic rings. The Morgan fingerprint density at radius 3 is 2.56 bits per heavy atom. The van der Waals surface area contributed by atoms with Crippen molar-refractivity contribution >= 4 is 28.6 Å². The van der Waals surface area contributed by atoms with Crippen molar-refractivity contribution in [3.8, 4) is 5.75 Å². The molecule has 3 aromatic carbocycles. The molecule has 3 aliphatic heterocycles. The first-order valence-electron chi connectivity index (χ1n) is 15.9. The molecule has 2 saturated heterocycles. The molecule has 8 rings (SSSR count). The van der Waals surface area contributed by atoms with Crippen LogP contribution in [0.25, 0.3) is 11.0 Å². The van der Waals surface area contributed by atoms with Crippen LogP contribution in [0.4, 0.5) is 4.39 Å². The number of ether oxygens (including phenoxy) is 3. The number of aromatic nitrogens is 2. The summed E-state index contributed by atoms with van der Waals surface area (Å²) in [7, 11) is 0. The maximum Gasteiger partial charge on any atom is 0.335 e. The normalized spacial score (nSPS) is 25.5. The molecule has 0 radical (unpaired) electrons. The van der Waals surface area contributed by atoms with Crippen molar-refractivity contribution in [2.75, 3.05) is 19.7 Å². The third kappa shape index (κ3) is 5.29. The average Bonchev–Trinajstić information content (AvgIpc) is 3.82. The van der Waals surface area contributed by atoms with Gasteiger partial charge in [0, 0.05) is 23.1 Å². The van der Waals surface area contributed by atoms with E-state index >= 15 is 4.39 Å². The molecule has 4 aromatic rings. The van der Waals surface area contributed by atoms with Crippen LogP contribution in [0.1, 0.15) is 65.5 Å². The van der Waals surface area contributed by atoms with Gasteiger partial charge in [-0.15, -0.1) is 0 Å². The standard InChI is InChI=1S/C35H35ClFN3O5/c36-24-8-9-27(28(37)18-24)35(23-6-7-23)44-31-4-2-1-3-26(31)33(45-35)21-11-14-39(15-12-21)20-32-38-29-10-5-22(34(41)42)17-30(29)40(32)19-25-13-16-43-25/h1-5,8-10,17-18,21,23,25,33H,6-7,11-16,19-20H2,(H,41,42)/t25-,33?,35?/m0/s1. The van der Waals surface area contributed by atoms with Crippen molar-refractivity contribution in [1.29, 1.82) is 0 Å². The van der Waals surface area contributed by atoms with Crippen LogP contribution < -0.4 is 4.74 Å². The second-order valence-corrected chi connectivity index (χ2v) is 13.2. The highest BCUT2D eigenvalue weighted by molar-refractivity contribution is 6.30. The van der Waals surface area contributed by atoms with Gasteiger partial charge in [0.15, 0.2) is 0 Å². The Hall–Kier alpha value is -3.50. The highest BCUT2D eigenvalue weighted by Crippen LogP contribution is 2.57. The van der Waals surface area contributed by atoms with E-state index in [0.717, 1.165) is 80.0 Å². The first-order valence-corrected chi connectivity index (χ1v) is 16.2. The minimum absolute atomic E-state index is 0.0680. The lowest BCUT2D eigenvalue weighted by Gasteiger charge is -2.46. The minimum Gasteiger partial charge on any atom is -0.478 e. The van der Waals surface area contributed by atoms with Crippen molar-refractivity contribution in [3.05, 3.63) is 94.0 Å². The van der Waals surface area contributed by atoms with Crippen LogP contribution in [0.2, 0.25) is 5.02 Å². The Bertz CT molecular complexity index is 1760. The third-order valence-electron chi connectivity index (χ3n) is 9.89. The molecule has 1 aliphatic carbocycles. The molecule has 1 aromatic heterocycles. The topological polar surface area (TPSA) is 86.0 Å². The first-order chi connectivity index (χ1) is 21.9. The molecule has 2 unspecified atom stereocenters. The van der Waals surface area contributed by atoms with Crippen molar-refractivity contribution in [2.24, 2.45) is 11.8 Å². The van der Waals surface area contributed by atoms with Crippen molar-refractivity contribution in [2.45, 2.75) is 63.2 Å². The number of carboxylic acid groups (broad SMARTS) is 1. The summed E-state index contributed by atoms with van der Waals surface area (Å²) >= 11 is 6.12. The second-order valence-electron chi connectivity index (χ2n) is 12.8. The van der Waals surface area contributed by atoms with Crippen molar-refractivity contribution in [3.63, 3.8) is 0 Å². The van der Waals surface area contributed by atoms with E-state index in [-0.39, 0.29) is 29.6 Å². The van der Waals surface area contributed by atoms with Crippen LogP contribution in [0.3, 0.4) is 0 Å². The molecule has 4 heterocycles. The fraction of sp³-hybridized carbons (Fsp3) is 0.429. The lowest BCUT2D eigenvalue weighted by Crippen LogP contribution is -2.46. The maximum absolute atomic E-state index is 15.5. The lowest BCUT2D eigenvalue weighted by molar-refractivity contribution is -0.266. The molecule has 1 saturated carbocycles. The van der Waals surface area contributed by atoms with Gasteiger partial charge in [0.25, 0.3) is 0 Å².